The molecule has 6 nitrogen and oxygen atoms in total. The van der Waals surface area contributed by atoms with Crippen molar-refractivity contribution in [2.45, 2.75) is 18.4 Å². The highest BCUT2D eigenvalue weighted by Crippen LogP contribution is 2.24. The Labute approximate surface area is 201 Å². The number of nitrogens with zero attached hydrogens (tertiary/aromatic N) is 2. The Balaban J connectivity index is 1.82. The van der Waals surface area contributed by atoms with Gasteiger partial charge in [0.1, 0.15) is 5.82 Å². The number of sulfonamides is 1. The summed E-state index contributed by atoms with van der Waals surface area (Å²) in [6.07, 6.45) is 1.29. The first-order valence-electron chi connectivity index (χ1n) is 9.74. The summed E-state index contributed by atoms with van der Waals surface area (Å²) in [5.41, 5.74) is 3.75. The Hall–Kier alpha value is -2.78. The number of rotatable bonds is 8. The molecule has 0 saturated heterocycles. The molecule has 0 radical (unpaired) electrons. The quantitative estimate of drug-likeness (QED) is 0.351. The fourth-order valence-corrected chi connectivity index (χ4v) is 4.62. The summed E-state index contributed by atoms with van der Waals surface area (Å²) in [6, 6.07) is 16.9. The van der Waals surface area contributed by atoms with Gasteiger partial charge in [0.2, 0.25) is 10.0 Å². The molecule has 0 spiro atoms. The average Bonchev–Trinajstić information content (AvgIpc) is 2.78. The normalized spacial score (nSPS) is 11.8. The minimum absolute atomic E-state index is 0.00792. The van der Waals surface area contributed by atoms with Crippen LogP contribution in [0.5, 0.6) is 0 Å². The van der Waals surface area contributed by atoms with Gasteiger partial charge in [-0.2, -0.15) is 9.41 Å². The van der Waals surface area contributed by atoms with Gasteiger partial charge in [-0.1, -0.05) is 71.2 Å². The summed E-state index contributed by atoms with van der Waals surface area (Å²) >= 11 is 12.0. The van der Waals surface area contributed by atoms with Crippen LogP contribution in [0.2, 0.25) is 10.0 Å². The van der Waals surface area contributed by atoms with Gasteiger partial charge < -0.3 is 0 Å². The molecule has 1 N–H and O–H groups in total. The van der Waals surface area contributed by atoms with E-state index < -0.39 is 28.3 Å². The predicted molar refractivity (Wildman–Crippen MR) is 127 cm³/mol. The lowest BCUT2D eigenvalue weighted by Crippen LogP contribution is -2.39. The summed E-state index contributed by atoms with van der Waals surface area (Å²) in [4.78, 5) is 12.5. The standard InChI is InChI=1S/C23H20Cl2FN3O3S/c1-16-9-11-19(12-10-16)33(31,32)29(14-18-5-2-3-8-21(18)26)15-22(30)28-27-13-17-6-4-7-20(24)23(17)25/h2-13H,14-15H2,1H3,(H,28,30)/b27-13-. The van der Waals surface area contributed by atoms with E-state index in [0.717, 1.165) is 9.87 Å². The number of benzene rings is 3. The van der Waals surface area contributed by atoms with Crippen molar-refractivity contribution in [1.29, 1.82) is 0 Å². The number of nitrogens with one attached hydrogen (secondary N) is 1. The molecule has 0 aromatic heterocycles. The number of hydrogen-bond donors (Lipinski definition) is 1. The van der Waals surface area contributed by atoms with Crippen LogP contribution in [0.25, 0.3) is 0 Å². The molecule has 0 unspecified atom stereocenters. The van der Waals surface area contributed by atoms with Crippen molar-refractivity contribution in [3.63, 3.8) is 0 Å². The van der Waals surface area contributed by atoms with Gasteiger partial charge in [0.25, 0.3) is 5.91 Å². The van der Waals surface area contributed by atoms with Crippen LogP contribution in [-0.2, 0) is 21.4 Å². The number of hydrogen-bond acceptors (Lipinski definition) is 4. The van der Waals surface area contributed by atoms with Crippen molar-refractivity contribution in [3.05, 3.63) is 99.3 Å². The number of aryl methyl sites for hydroxylation is 1. The van der Waals surface area contributed by atoms with E-state index in [1.54, 1.807) is 36.4 Å². The molecular formula is C23H20Cl2FN3O3S. The third kappa shape index (κ3) is 6.39. The largest absolute Gasteiger partial charge is 0.272 e. The molecule has 0 heterocycles. The molecule has 1 amide bonds. The van der Waals surface area contributed by atoms with Crippen molar-refractivity contribution >= 4 is 45.3 Å². The lowest BCUT2D eigenvalue weighted by Gasteiger charge is -2.22. The van der Waals surface area contributed by atoms with E-state index in [-0.39, 0.29) is 22.0 Å². The maximum absolute atomic E-state index is 14.2. The van der Waals surface area contributed by atoms with Gasteiger partial charge in [0, 0.05) is 17.7 Å². The molecule has 3 aromatic rings. The van der Waals surface area contributed by atoms with Crippen LogP contribution in [0.4, 0.5) is 4.39 Å². The molecule has 0 aliphatic carbocycles. The second-order valence-corrected chi connectivity index (χ2v) is 9.84. The van der Waals surface area contributed by atoms with Crippen molar-refractivity contribution in [2.24, 2.45) is 5.10 Å². The fraction of sp³-hybridized carbons (Fsp3) is 0.130. The van der Waals surface area contributed by atoms with Gasteiger partial charge in [-0.25, -0.2) is 18.2 Å². The Morgan fingerprint density at radius 3 is 2.45 bits per heavy atom. The molecule has 33 heavy (non-hydrogen) atoms. The van der Waals surface area contributed by atoms with E-state index in [4.69, 9.17) is 23.2 Å². The second-order valence-electron chi connectivity index (χ2n) is 7.11. The van der Waals surface area contributed by atoms with Gasteiger partial charge in [0.15, 0.2) is 0 Å². The highest BCUT2D eigenvalue weighted by molar-refractivity contribution is 7.89. The van der Waals surface area contributed by atoms with Crippen LogP contribution >= 0.6 is 23.2 Å². The van der Waals surface area contributed by atoms with E-state index in [0.29, 0.717) is 10.6 Å². The van der Waals surface area contributed by atoms with Crippen molar-refractivity contribution in [2.75, 3.05) is 6.54 Å². The van der Waals surface area contributed by atoms with Crippen LogP contribution in [0.15, 0.2) is 76.7 Å². The van der Waals surface area contributed by atoms with Crippen LogP contribution in [0.1, 0.15) is 16.7 Å². The fourth-order valence-electron chi connectivity index (χ4n) is 2.89. The minimum Gasteiger partial charge on any atom is -0.272 e. The molecule has 0 aliphatic rings. The van der Waals surface area contributed by atoms with Crippen LogP contribution in [0, 0.1) is 12.7 Å². The molecule has 3 aromatic carbocycles. The summed E-state index contributed by atoms with van der Waals surface area (Å²) in [6.45, 7) is 0.913. The highest BCUT2D eigenvalue weighted by Gasteiger charge is 2.27. The maximum atomic E-state index is 14.2. The highest BCUT2D eigenvalue weighted by atomic mass is 35.5. The van der Waals surface area contributed by atoms with E-state index in [1.807, 2.05) is 6.92 Å². The van der Waals surface area contributed by atoms with Gasteiger partial charge in [-0.15, -0.1) is 0 Å². The summed E-state index contributed by atoms with van der Waals surface area (Å²) in [5, 5.41) is 4.41. The van der Waals surface area contributed by atoms with Gasteiger partial charge in [-0.3, -0.25) is 4.79 Å². The Morgan fingerprint density at radius 2 is 1.76 bits per heavy atom. The number of halogens is 3. The zero-order chi connectivity index (χ0) is 24.0. The van der Waals surface area contributed by atoms with Gasteiger partial charge >= 0.3 is 0 Å². The molecule has 172 valence electrons. The number of carbonyl (C=O) groups excluding carboxylic acids is 1. The summed E-state index contributed by atoms with van der Waals surface area (Å²) < 4.78 is 41.6. The molecule has 10 heteroatoms. The first-order chi connectivity index (χ1) is 15.7. The first-order valence-corrected chi connectivity index (χ1v) is 11.9. The Bertz CT molecular complexity index is 1280. The molecule has 0 saturated carbocycles. The minimum atomic E-state index is -4.10. The predicted octanol–water partition coefficient (Wildman–Crippen LogP) is 4.78. The SMILES string of the molecule is Cc1ccc(S(=O)(=O)N(CC(=O)N/N=C\c2cccc(Cl)c2Cl)Cc2ccccc2F)cc1. The van der Waals surface area contributed by atoms with E-state index in [9.17, 15) is 17.6 Å². The topological polar surface area (TPSA) is 78.8 Å². The monoisotopic (exact) mass is 507 g/mol. The number of amides is 1. The maximum Gasteiger partial charge on any atom is 0.255 e. The summed E-state index contributed by atoms with van der Waals surface area (Å²) in [7, 11) is -4.10. The Kier molecular flexibility index (Phi) is 8.20. The van der Waals surface area contributed by atoms with Crippen molar-refractivity contribution in [3.8, 4) is 0 Å². The zero-order valence-electron chi connectivity index (χ0n) is 17.5. The molecule has 0 atom stereocenters. The lowest BCUT2D eigenvalue weighted by atomic mass is 10.2. The smallest absolute Gasteiger partial charge is 0.255 e. The molecule has 3 rings (SSSR count). The second kappa shape index (κ2) is 10.9. The molecular weight excluding hydrogens is 488 g/mol. The summed E-state index contributed by atoms with van der Waals surface area (Å²) in [5.74, 6) is -1.29. The third-order valence-electron chi connectivity index (χ3n) is 4.66. The zero-order valence-corrected chi connectivity index (χ0v) is 19.8. The van der Waals surface area contributed by atoms with E-state index in [1.165, 1.54) is 36.5 Å². The van der Waals surface area contributed by atoms with Crippen molar-refractivity contribution in [1.82, 2.24) is 9.73 Å². The van der Waals surface area contributed by atoms with E-state index >= 15 is 0 Å². The first kappa shape index (κ1) is 24.9. The third-order valence-corrected chi connectivity index (χ3v) is 7.30. The Morgan fingerprint density at radius 1 is 1.06 bits per heavy atom. The van der Waals surface area contributed by atoms with E-state index in [2.05, 4.69) is 10.5 Å². The molecule has 0 fully saturated rings. The van der Waals surface area contributed by atoms with Gasteiger partial charge in [-0.05, 0) is 31.2 Å². The number of carbonyl (C=O) groups is 1. The average molecular weight is 508 g/mol. The molecule has 0 bridgehead atoms. The number of hydrazone groups is 1. The van der Waals surface area contributed by atoms with Crippen LogP contribution < -0.4 is 5.43 Å². The van der Waals surface area contributed by atoms with Crippen LogP contribution in [0.3, 0.4) is 0 Å². The van der Waals surface area contributed by atoms with Crippen LogP contribution in [-0.4, -0.2) is 31.4 Å². The van der Waals surface area contributed by atoms with Crippen molar-refractivity contribution < 1.29 is 17.6 Å². The van der Waals surface area contributed by atoms with Gasteiger partial charge in [0.05, 0.1) is 27.7 Å². The lowest BCUT2D eigenvalue weighted by molar-refractivity contribution is -0.121. The molecule has 0 aliphatic heterocycles.